The predicted octanol–water partition coefficient (Wildman–Crippen LogP) is 1.38. The van der Waals surface area contributed by atoms with E-state index in [1.54, 1.807) is 19.4 Å². The first-order valence-corrected chi connectivity index (χ1v) is 7.23. The second kappa shape index (κ2) is 4.91. The van der Waals surface area contributed by atoms with Crippen molar-refractivity contribution in [3.8, 4) is 11.5 Å². The summed E-state index contributed by atoms with van der Waals surface area (Å²) in [5.74, 6) is 0.702. The van der Waals surface area contributed by atoms with Crippen LogP contribution >= 0.6 is 0 Å². The first kappa shape index (κ1) is 12.9. The third kappa shape index (κ3) is 2.04. The van der Waals surface area contributed by atoms with Crippen molar-refractivity contribution in [1.82, 2.24) is 24.5 Å². The van der Waals surface area contributed by atoms with E-state index in [1.807, 2.05) is 4.68 Å². The Hall–Kier alpha value is -2.76. The Morgan fingerprint density at radius 2 is 1.82 bits per heavy atom. The Labute approximate surface area is 127 Å². The van der Waals surface area contributed by atoms with Gasteiger partial charge >= 0.3 is 0 Å². The van der Waals surface area contributed by atoms with Crippen molar-refractivity contribution >= 4 is 0 Å². The Morgan fingerprint density at radius 3 is 2.50 bits per heavy atom. The number of hydrogen-bond acceptors (Lipinski definition) is 4. The van der Waals surface area contributed by atoms with Gasteiger partial charge in [0, 0.05) is 13.1 Å². The zero-order valence-corrected chi connectivity index (χ0v) is 12.2. The van der Waals surface area contributed by atoms with E-state index in [9.17, 15) is 4.79 Å². The molecule has 0 amide bonds. The minimum Gasteiger partial charge on any atom is -0.268 e. The van der Waals surface area contributed by atoms with Gasteiger partial charge in [-0.3, -0.25) is 4.79 Å². The van der Waals surface area contributed by atoms with Crippen molar-refractivity contribution in [2.75, 3.05) is 0 Å². The van der Waals surface area contributed by atoms with Crippen LogP contribution in [0.5, 0.6) is 0 Å². The van der Waals surface area contributed by atoms with Crippen molar-refractivity contribution < 1.29 is 0 Å². The molecular weight excluding hydrogens is 278 g/mol. The van der Waals surface area contributed by atoms with Crippen LogP contribution in [0.1, 0.15) is 17.2 Å². The Kier molecular flexibility index (Phi) is 2.89. The van der Waals surface area contributed by atoms with Gasteiger partial charge in [-0.05, 0) is 30.0 Å². The molecule has 1 aromatic carbocycles. The van der Waals surface area contributed by atoms with Gasteiger partial charge in [-0.15, -0.1) is 0 Å². The van der Waals surface area contributed by atoms with E-state index in [4.69, 9.17) is 0 Å². The lowest BCUT2D eigenvalue weighted by atomic mass is 10.1. The molecule has 0 fully saturated rings. The van der Waals surface area contributed by atoms with Crippen molar-refractivity contribution in [3.05, 3.63) is 64.2 Å². The largest absolute Gasteiger partial charge is 0.268 e. The maximum atomic E-state index is 11.5. The summed E-state index contributed by atoms with van der Waals surface area (Å²) in [5.41, 5.74) is 3.25. The van der Waals surface area contributed by atoms with Crippen LogP contribution in [-0.4, -0.2) is 24.5 Å². The zero-order chi connectivity index (χ0) is 15.1. The normalized spacial score (nSPS) is 14.2. The molecule has 6 heteroatoms. The lowest BCUT2D eigenvalue weighted by molar-refractivity contribution is 0.478. The van der Waals surface area contributed by atoms with Crippen LogP contribution < -0.4 is 5.56 Å². The molecule has 0 atom stereocenters. The van der Waals surface area contributed by atoms with Crippen LogP contribution in [0, 0.1) is 0 Å². The molecule has 6 nitrogen and oxygen atoms in total. The molecular formula is C16H15N5O. The molecule has 3 aromatic rings. The van der Waals surface area contributed by atoms with Gasteiger partial charge in [0.05, 0.1) is 6.04 Å². The van der Waals surface area contributed by atoms with Crippen LogP contribution in [0.3, 0.4) is 0 Å². The summed E-state index contributed by atoms with van der Waals surface area (Å²) < 4.78 is 3.24. The molecule has 110 valence electrons. The van der Waals surface area contributed by atoms with E-state index in [0.717, 1.165) is 12.8 Å². The summed E-state index contributed by atoms with van der Waals surface area (Å²) in [4.78, 5) is 15.8. The van der Waals surface area contributed by atoms with Gasteiger partial charge in [0.2, 0.25) is 0 Å². The van der Waals surface area contributed by atoms with E-state index < -0.39 is 0 Å². The average Bonchev–Trinajstić information content (AvgIpc) is 3.15. The summed E-state index contributed by atoms with van der Waals surface area (Å²) in [6.07, 6.45) is 3.43. The number of rotatable bonds is 2. The van der Waals surface area contributed by atoms with Gasteiger partial charge in [0.1, 0.15) is 12.0 Å². The molecule has 0 saturated carbocycles. The van der Waals surface area contributed by atoms with Crippen LogP contribution in [0.25, 0.3) is 11.5 Å². The van der Waals surface area contributed by atoms with Crippen molar-refractivity contribution in [1.29, 1.82) is 0 Å². The van der Waals surface area contributed by atoms with Gasteiger partial charge < -0.3 is 0 Å². The molecule has 22 heavy (non-hydrogen) atoms. The maximum Gasteiger partial charge on any atom is 0.266 e. The van der Waals surface area contributed by atoms with E-state index in [-0.39, 0.29) is 11.6 Å². The average molecular weight is 293 g/mol. The van der Waals surface area contributed by atoms with Gasteiger partial charge in [-0.2, -0.15) is 10.2 Å². The molecule has 4 rings (SSSR count). The molecule has 0 unspecified atom stereocenters. The number of nitrogens with zero attached hydrogens (tertiary/aromatic N) is 5. The van der Waals surface area contributed by atoms with Gasteiger partial charge in [-0.1, -0.05) is 24.3 Å². The molecule has 0 bridgehead atoms. The first-order chi connectivity index (χ1) is 10.7. The van der Waals surface area contributed by atoms with Gasteiger partial charge in [0.25, 0.3) is 5.56 Å². The molecule has 1 aliphatic carbocycles. The second-order valence-corrected chi connectivity index (χ2v) is 5.54. The third-order valence-electron chi connectivity index (χ3n) is 4.14. The van der Waals surface area contributed by atoms with Crippen LogP contribution in [0.2, 0.25) is 0 Å². The molecule has 1 aliphatic rings. The summed E-state index contributed by atoms with van der Waals surface area (Å²) >= 11 is 0. The summed E-state index contributed by atoms with van der Waals surface area (Å²) in [6.45, 7) is 0. The minimum atomic E-state index is -0.136. The van der Waals surface area contributed by atoms with Gasteiger partial charge in [0.15, 0.2) is 5.82 Å². The predicted molar refractivity (Wildman–Crippen MR) is 81.4 cm³/mol. The quantitative estimate of drug-likeness (QED) is 0.716. The summed E-state index contributed by atoms with van der Waals surface area (Å²) in [6, 6.07) is 11.9. The topological polar surface area (TPSA) is 65.6 Å². The molecule has 2 aromatic heterocycles. The second-order valence-electron chi connectivity index (χ2n) is 5.54. The number of aryl methyl sites for hydroxylation is 1. The first-order valence-electron chi connectivity index (χ1n) is 7.23. The number of aromatic nitrogens is 5. The fourth-order valence-corrected chi connectivity index (χ4v) is 3.03. The SMILES string of the molecule is Cn1nc(-c2ncnn2C2Cc3ccccc3C2)ccc1=O. The Balaban J connectivity index is 1.72. The number of benzene rings is 1. The molecule has 0 aliphatic heterocycles. The van der Waals surface area contributed by atoms with E-state index in [1.165, 1.54) is 21.9 Å². The molecule has 0 radical (unpaired) electrons. The standard InChI is InChI=1S/C16H15N5O/c1-20-15(22)7-6-14(19-20)16-17-10-18-21(16)13-8-11-4-2-3-5-12(11)9-13/h2-7,10,13H,8-9H2,1H3. The van der Waals surface area contributed by atoms with Crippen LogP contribution in [-0.2, 0) is 19.9 Å². The Bertz CT molecular complexity index is 870. The maximum absolute atomic E-state index is 11.5. The third-order valence-corrected chi connectivity index (χ3v) is 4.14. The highest BCUT2D eigenvalue weighted by Gasteiger charge is 2.25. The summed E-state index contributed by atoms with van der Waals surface area (Å²) in [5, 5.41) is 8.67. The zero-order valence-electron chi connectivity index (χ0n) is 12.2. The molecule has 2 heterocycles. The fraction of sp³-hybridized carbons (Fsp3) is 0.250. The minimum absolute atomic E-state index is 0.136. The van der Waals surface area contributed by atoms with E-state index in [2.05, 4.69) is 39.4 Å². The smallest absolute Gasteiger partial charge is 0.266 e. The Morgan fingerprint density at radius 1 is 1.09 bits per heavy atom. The van der Waals surface area contributed by atoms with Crippen LogP contribution in [0.15, 0.2) is 47.5 Å². The molecule has 0 N–H and O–H groups in total. The lowest BCUT2D eigenvalue weighted by Gasteiger charge is -2.12. The van der Waals surface area contributed by atoms with Gasteiger partial charge in [-0.25, -0.2) is 14.3 Å². The van der Waals surface area contributed by atoms with Crippen molar-refractivity contribution in [3.63, 3.8) is 0 Å². The molecule has 0 saturated heterocycles. The van der Waals surface area contributed by atoms with Crippen molar-refractivity contribution in [2.24, 2.45) is 7.05 Å². The lowest BCUT2D eigenvalue weighted by Crippen LogP contribution is -2.20. The highest BCUT2D eigenvalue weighted by Crippen LogP contribution is 2.31. The monoisotopic (exact) mass is 293 g/mol. The summed E-state index contributed by atoms with van der Waals surface area (Å²) in [7, 11) is 1.64. The fourth-order valence-electron chi connectivity index (χ4n) is 3.03. The molecule has 0 spiro atoms. The highest BCUT2D eigenvalue weighted by atomic mass is 16.1. The highest BCUT2D eigenvalue weighted by molar-refractivity contribution is 5.48. The number of hydrogen-bond donors (Lipinski definition) is 0. The number of fused-ring (bicyclic) bond motifs is 1. The van der Waals surface area contributed by atoms with E-state index in [0.29, 0.717) is 11.5 Å². The van der Waals surface area contributed by atoms with Crippen molar-refractivity contribution in [2.45, 2.75) is 18.9 Å². The van der Waals surface area contributed by atoms with E-state index >= 15 is 0 Å². The van der Waals surface area contributed by atoms with Crippen LogP contribution in [0.4, 0.5) is 0 Å².